The van der Waals surface area contributed by atoms with Gasteiger partial charge in [-0.2, -0.15) is 0 Å². The van der Waals surface area contributed by atoms with Gasteiger partial charge in [0.1, 0.15) is 0 Å². The van der Waals surface area contributed by atoms with E-state index < -0.39 is 0 Å². The van der Waals surface area contributed by atoms with E-state index in [4.69, 9.17) is 9.47 Å². The third-order valence-electron chi connectivity index (χ3n) is 9.87. The molecule has 27 heavy (non-hydrogen) atoms. The van der Waals surface area contributed by atoms with Crippen molar-refractivity contribution < 1.29 is 14.3 Å². The van der Waals surface area contributed by atoms with E-state index in [9.17, 15) is 4.79 Å². The minimum Gasteiger partial charge on any atom is -0.436 e. The van der Waals surface area contributed by atoms with Gasteiger partial charge in [-0.3, -0.25) is 4.79 Å². The van der Waals surface area contributed by atoms with Gasteiger partial charge in [-0.1, -0.05) is 34.1 Å². The van der Waals surface area contributed by atoms with Crippen molar-refractivity contribution in [3.63, 3.8) is 0 Å². The van der Waals surface area contributed by atoms with Crippen LogP contribution >= 0.6 is 0 Å². The summed E-state index contributed by atoms with van der Waals surface area (Å²) < 4.78 is 11.5. The molecule has 3 heteroatoms. The summed E-state index contributed by atoms with van der Waals surface area (Å²) in [6.45, 7) is 10.6. The summed E-state index contributed by atoms with van der Waals surface area (Å²) in [5, 5.41) is 0. The third-order valence-corrected chi connectivity index (χ3v) is 9.87. The van der Waals surface area contributed by atoms with E-state index in [1.165, 1.54) is 19.3 Å². The number of esters is 1. The van der Waals surface area contributed by atoms with Gasteiger partial charge < -0.3 is 9.47 Å². The van der Waals surface area contributed by atoms with E-state index in [-0.39, 0.29) is 18.2 Å². The lowest BCUT2D eigenvalue weighted by Crippen LogP contribution is -2.45. The number of carbonyl (C=O) groups excluding carboxylic acids is 1. The molecule has 0 aromatic carbocycles. The van der Waals surface area contributed by atoms with E-state index >= 15 is 0 Å². The number of ether oxygens (including phenoxy) is 2. The Kier molecular flexibility index (Phi) is 4.42. The fourth-order valence-corrected chi connectivity index (χ4v) is 8.74. The Morgan fingerprint density at radius 1 is 1.07 bits per heavy atom. The van der Waals surface area contributed by atoms with Crippen LogP contribution in [-0.2, 0) is 14.3 Å². The van der Waals surface area contributed by atoms with Gasteiger partial charge in [0.2, 0.25) is 6.29 Å². The Hall–Kier alpha value is -0.570. The summed E-state index contributed by atoms with van der Waals surface area (Å²) in [4.78, 5) is 12.9. The highest BCUT2D eigenvalue weighted by Crippen LogP contribution is 2.73. The molecule has 0 spiro atoms. The van der Waals surface area contributed by atoms with E-state index in [2.05, 4.69) is 27.7 Å². The topological polar surface area (TPSA) is 35.5 Å². The third kappa shape index (κ3) is 2.66. The van der Waals surface area contributed by atoms with Gasteiger partial charge in [0.25, 0.3) is 0 Å². The standard InChI is InChI=1S/C24H38O3/c1-5-24(3,4)22-13(2)15-12-18(22)20-14-10-16(21(15)20)17(11-14)23(25)27-19-8-6-7-9-26-19/h13-22H,5-12H2,1-4H3. The molecule has 0 amide bonds. The lowest BCUT2D eigenvalue weighted by atomic mass is 9.56. The van der Waals surface area contributed by atoms with E-state index in [0.29, 0.717) is 11.3 Å². The minimum atomic E-state index is -0.269. The van der Waals surface area contributed by atoms with Crippen molar-refractivity contribution in [2.24, 2.45) is 58.7 Å². The molecule has 4 saturated carbocycles. The lowest BCUT2D eigenvalue weighted by Gasteiger charge is -2.49. The molecule has 10 unspecified atom stereocenters. The molecule has 152 valence electrons. The van der Waals surface area contributed by atoms with Crippen LogP contribution in [0.25, 0.3) is 0 Å². The predicted octanol–water partition coefficient (Wildman–Crippen LogP) is 5.28. The van der Waals surface area contributed by atoms with Crippen LogP contribution in [0.1, 0.15) is 72.6 Å². The zero-order valence-electron chi connectivity index (χ0n) is 17.7. The number of fused-ring (bicyclic) bond motifs is 9. The van der Waals surface area contributed by atoms with Crippen molar-refractivity contribution in [1.29, 1.82) is 0 Å². The van der Waals surface area contributed by atoms with Crippen LogP contribution in [0.5, 0.6) is 0 Å². The van der Waals surface area contributed by atoms with Gasteiger partial charge in [0.15, 0.2) is 0 Å². The maximum atomic E-state index is 12.9. The smallest absolute Gasteiger partial charge is 0.311 e. The fourth-order valence-electron chi connectivity index (χ4n) is 8.74. The first kappa shape index (κ1) is 18.5. The molecule has 4 bridgehead atoms. The molecule has 0 aromatic heterocycles. The molecule has 3 nitrogen and oxygen atoms in total. The Morgan fingerprint density at radius 3 is 2.59 bits per heavy atom. The van der Waals surface area contributed by atoms with Crippen molar-refractivity contribution in [2.75, 3.05) is 6.61 Å². The van der Waals surface area contributed by atoms with Crippen LogP contribution in [0.4, 0.5) is 0 Å². The van der Waals surface area contributed by atoms with Crippen LogP contribution in [0.15, 0.2) is 0 Å². The number of rotatable bonds is 4. The second-order valence-electron chi connectivity index (χ2n) is 11.2. The predicted molar refractivity (Wildman–Crippen MR) is 105 cm³/mol. The molecule has 1 heterocycles. The zero-order valence-corrected chi connectivity index (χ0v) is 17.7. The quantitative estimate of drug-likeness (QED) is 0.496. The normalized spacial score (nSPS) is 50.8. The Balaban J connectivity index is 1.30. The first-order valence-corrected chi connectivity index (χ1v) is 11.7. The highest BCUT2D eigenvalue weighted by Gasteiger charge is 2.68. The van der Waals surface area contributed by atoms with Crippen LogP contribution in [0, 0.1) is 58.7 Å². The maximum absolute atomic E-state index is 12.9. The average Bonchev–Trinajstić information content (AvgIpc) is 3.39. The average molecular weight is 375 g/mol. The minimum absolute atomic E-state index is 0.0636. The Bertz CT molecular complexity index is 592. The number of hydrogen-bond acceptors (Lipinski definition) is 3. The van der Waals surface area contributed by atoms with Gasteiger partial charge in [0.05, 0.1) is 12.5 Å². The highest BCUT2D eigenvalue weighted by atomic mass is 16.7. The monoisotopic (exact) mass is 374 g/mol. The van der Waals surface area contributed by atoms with Crippen LogP contribution in [0.2, 0.25) is 0 Å². The molecule has 1 saturated heterocycles. The summed E-state index contributed by atoms with van der Waals surface area (Å²) in [6.07, 6.45) is 7.94. The number of hydrogen-bond donors (Lipinski definition) is 0. The van der Waals surface area contributed by atoms with Crippen molar-refractivity contribution in [1.82, 2.24) is 0 Å². The summed E-state index contributed by atoms with van der Waals surface area (Å²) >= 11 is 0. The summed E-state index contributed by atoms with van der Waals surface area (Å²) in [6, 6.07) is 0. The van der Waals surface area contributed by atoms with Crippen LogP contribution in [-0.4, -0.2) is 18.9 Å². The first-order valence-electron chi connectivity index (χ1n) is 11.7. The summed E-state index contributed by atoms with van der Waals surface area (Å²) in [7, 11) is 0. The molecule has 5 rings (SSSR count). The molecular weight excluding hydrogens is 336 g/mol. The second kappa shape index (κ2) is 6.47. The van der Waals surface area contributed by atoms with Crippen molar-refractivity contribution in [2.45, 2.75) is 78.9 Å². The van der Waals surface area contributed by atoms with Gasteiger partial charge >= 0.3 is 5.97 Å². The maximum Gasteiger partial charge on any atom is 0.311 e. The molecule has 0 radical (unpaired) electrons. The van der Waals surface area contributed by atoms with E-state index in [1.807, 2.05) is 0 Å². The molecule has 0 N–H and O–H groups in total. The zero-order chi connectivity index (χ0) is 18.9. The molecule has 4 aliphatic carbocycles. The van der Waals surface area contributed by atoms with Gasteiger partial charge in [-0.15, -0.1) is 0 Å². The van der Waals surface area contributed by atoms with Gasteiger partial charge in [-0.05, 0) is 84.9 Å². The Labute approximate surface area is 164 Å². The van der Waals surface area contributed by atoms with Crippen molar-refractivity contribution in [3.8, 4) is 0 Å². The molecule has 1 aliphatic heterocycles. The first-order chi connectivity index (χ1) is 12.9. The molecule has 10 atom stereocenters. The largest absolute Gasteiger partial charge is 0.436 e. The molecule has 5 aliphatic rings. The molecule has 0 aromatic rings. The van der Waals surface area contributed by atoms with Crippen LogP contribution in [0.3, 0.4) is 0 Å². The summed E-state index contributed by atoms with van der Waals surface area (Å²) in [5.74, 6) is 6.78. The van der Waals surface area contributed by atoms with Crippen LogP contribution < -0.4 is 0 Å². The highest BCUT2D eigenvalue weighted by molar-refractivity contribution is 5.73. The Morgan fingerprint density at radius 2 is 1.89 bits per heavy atom. The molecule has 5 fully saturated rings. The van der Waals surface area contributed by atoms with E-state index in [1.54, 1.807) is 0 Å². The van der Waals surface area contributed by atoms with Gasteiger partial charge in [0, 0.05) is 6.42 Å². The summed E-state index contributed by atoms with van der Waals surface area (Å²) in [5.41, 5.74) is 0.461. The van der Waals surface area contributed by atoms with E-state index in [0.717, 1.165) is 73.7 Å². The molecular formula is C24H38O3. The number of carbonyl (C=O) groups is 1. The SMILES string of the molecule is CCC(C)(C)C1C(C)C2CC1C1C3CC(C(=O)OC4CCCCO4)C(C3)C21. The van der Waals surface area contributed by atoms with Crippen molar-refractivity contribution >= 4 is 5.97 Å². The fraction of sp³-hybridized carbons (Fsp3) is 0.958. The van der Waals surface area contributed by atoms with Crippen molar-refractivity contribution in [3.05, 3.63) is 0 Å². The van der Waals surface area contributed by atoms with Gasteiger partial charge in [-0.25, -0.2) is 0 Å². The second-order valence-corrected chi connectivity index (χ2v) is 11.2. The lowest BCUT2D eigenvalue weighted by molar-refractivity contribution is -0.194.